The van der Waals surface area contributed by atoms with Gasteiger partial charge in [0.1, 0.15) is 0 Å². The van der Waals surface area contributed by atoms with E-state index in [2.05, 4.69) is 29.6 Å². The van der Waals surface area contributed by atoms with Crippen molar-refractivity contribution in [2.45, 2.75) is 28.3 Å². The molecule has 3 atom stereocenters. The largest absolute Gasteiger partial charge is 0.312 e. The first-order valence-corrected chi connectivity index (χ1v) is 8.59. The fourth-order valence-electron chi connectivity index (χ4n) is 2.83. The van der Waals surface area contributed by atoms with E-state index in [0.717, 1.165) is 17.1 Å². The predicted molar refractivity (Wildman–Crippen MR) is 81.1 cm³/mol. The molecule has 0 aliphatic heterocycles. The normalized spacial score (nSPS) is 23.8. The molecular weight excluding hydrogens is 274 g/mol. The van der Waals surface area contributed by atoms with E-state index in [1.807, 2.05) is 24.6 Å². The first-order valence-electron chi connectivity index (χ1n) is 6.50. The average molecular weight is 291 g/mol. The summed E-state index contributed by atoms with van der Waals surface area (Å²) in [5.74, 6) is 0. The lowest BCUT2D eigenvalue weighted by Crippen LogP contribution is -2.36. The van der Waals surface area contributed by atoms with E-state index in [9.17, 15) is 4.21 Å². The smallest absolute Gasteiger partial charge is 0.0914 e. The zero-order valence-electron chi connectivity index (χ0n) is 10.8. The van der Waals surface area contributed by atoms with Crippen LogP contribution < -0.4 is 5.32 Å². The van der Waals surface area contributed by atoms with Crippen LogP contribution in [0.2, 0.25) is 0 Å². The number of hydrogen-bond donors (Lipinski definition) is 1. The zero-order valence-corrected chi connectivity index (χ0v) is 12.5. The van der Waals surface area contributed by atoms with Crippen LogP contribution in [0.5, 0.6) is 0 Å². The maximum atomic E-state index is 12.7. The molecule has 1 aromatic heterocycles. The molecule has 4 heteroatoms. The van der Waals surface area contributed by atoms with Gasteiger partial charge in [-0.15, -0.1) is 11.3 Å². The van der Waals surface area contributed by atoms with Crippen LogP contribution in [0.15, 0.2) is 46.0 Å². The molecule has 0 saturated heterocycles. The van der Waals surface area contributed by atoms with Gasteiger partial charge >= 0.3 is 0 Å². The van der Waals surface area contributed by atoms with Crippen LogP contribution in [0.25, 0.3) is 0 Å². The summed E-state index contributed by atoms with van der Waals surface area (Å²) in [6.45, 7) is 0. The maximum absolute atomic E-state index is 12.7. The fraction of sp³-hybridized carbons (Fsp3) is 0.333. The Hall–Kier alpha value is -0.970. The SMILES string of the molecule is CNC1c2ccccc2CCC1S(=O)c1cccs1. The van der Waals surface area contributed by atoms with Crippen LogP contribution in [-0.2, 0) is 17.2 Å². The van der Waals surface area contributed by atoms with Crippen molar-refractivity contribution in [3.63, 3.8) is 0 Å². The van der Waals surface area contributed by atoms with Gasteiger partial charge in [0.15, 0.2) is 0 Å². The standard InChI is InChI=1S/C15H17NOS2/c1-16-15-12-6-3-2-5-11(12)8-9-13(15)19(17)14-7-4-10-18-14/h2-7,10,13,15-16H,8-9H2,1H3. The van der Waals surface area contributed by atoms with Gasteiger partial charge in [-0.1, -0.05) is 30.3 Å². The highest BCUT2D eigenvalue weighted by molar-refractivity contribution is 7.88. The van der Waals surface area contributed by atoms with E-state index >= 15 is 0 Å². The highest BCUT2D eigenvalue weighted by Gasteiger charge is 2.33. The topological polar surface area (TPSA) is 29.1 Å². The molecule has 1 aliphatic rings. The second-order valence-electron chi connectivity index (χ2n) is 4.77. The summed E-state index contributed by atoms with van der Waals surface area (Å²) in [5.41, 5.74) is 2.70. The minimum atomic E-state index is -0.920. The van der Waals surface area contributed by atoms with E-state index in [0.29, 0.717) is 0 Å². The molecule has 0 radical (unpaired) electrons. The summed E-state index contributed by atoms with van der Waals surface area (Å²) < 4.78 is 13.7. The van der Waals surface area contributed by atoms with Crippen molar-refractivity contribution < 1.29 is 4.21 Å². The van der Waals surface area contributed by atoms with Crippen molar-refractivity contribution in [2.75, 3.05) is 7.05 Å². The Morgan fingerprint density at radius 3 is 2.84 bits per heavy atom. The minimum Gasteiger partial charge on any atom is -0.312 e. The van der Waals surface area contributed by atoms with Crippen LogP contribution in [-0.4, -0.2) is 16.5 Å². The third kappa shape index (κ3) is 2.40. The van der Waals surface area contributed by atoms with E-state index in [4.69, 9.17) is 0 Å². The number of fused-ring (bicyclic) bond motifs is 1. The van der Waals surface area contributed by atoms with Gasteiger partial charge in [-0.3, -0.25) is 4.21 Å². The lowest BCUT2D eigenvalue weighted by molar-refractivity contribution is 0.498. The summed E-state index contributed by atoms with van der Waals surface area (Å²) in [6, 6.07) is 12.6. The van der Waals surface area contributed by atoms with E-state index in [1.165, 1.54) is 11.1 Å². The maximum Gasteiger partial charge on any atom is 0.0914 e. The highest BCUT2D eigenvalue weighted by Crippen LogP contribution is 2.35. The molecule has 3 unspecified atom stereocenters. The van der Waals surface area contributed by atoms with Gasteiger partial charge in [0.25, 0.3) is 0 Å². The summed E-state index contributed by atoms with van der Waals surface area (Å²) >= 11 is 1.59. The second kappa shape index (κ2) is 5.57. The van der Waals surface area contributed by atoms with Gasteiger partial charge in [-0.2, -0.15) is 0 Å². The number of nitrogens with one attached hydrogen (secondary N) is 1. The minimum absolute atomic E-state index is 0.165. The molecule has 2 aromatic rings. The summed E-state index contributed by atoms with van der Waals surface area (Å²) in [6.07, 6.45) is 2.00. The quantitative estimate of drug-likeness (QED) is 0.941. The molecule has 2 nitrogen and oxygen atoms in total. The average Bonchev–Trinajstić information content (AvgIpc) is 2.99. The first-order chi connectivity index (χ1) is 9.31. The molecule has 0 fully saturated rings. The second-order valence-corrected chi connectivity index (χ2v) is 7.62. The molecule has 0 amide bonds. The molecule has 19 heavy (non-hydrogen) atoms. The molecule has 0 bridgehead atoms. The van der Waals surface area contributed by atoms with Crippen LogP contribution in [0.4, 0.5) is 0 Å². The van der Waals surface area contributed by atoms with Crippen LogP contribution in [0.3, 0.4) is 0 Å². The highest BCUT2D eigenvalue weighted by atomic mass is 32.2. The molecule has 1 heterocycles. The molecule has 100 valence electrons. The summed E-state index contributed by atoms with van der Waals surface area (Å²) in [7, 11) is 1.04. The van der Waals surface area contributed by atoms with Gasteiger partial charge in [0, 0.05) is 6.04 Å². The van der Waals surface area contributed by atoms with Gasteiger partial charge in [-0.25, -0.2) is 0 Å². The predicted octanol–water partition coefficient (Wildman–Crippen LogP) is 3.13. The number of benzene rings is 1. The summed E-state index contributed by atoms with van der Waals surface area (Å²) in [4.78, 5) is 0. The van der Waals surface area contributed by atoms with Crippen molar-refractivity contribution in [3.8, 4) is 0 Å². The summed E-state index contributed by atoms with van der Waals surface area (Å²) in [5, 5.41) is 5.53. The molecule has 1 aromatic carbocycles. The third-order valence-electron chi connectivity index (χ3n) is 3.74. The lowest BCUT2D eigenvalue weighted by Gasteiger charge is -2.32. The third-order valence-corrected chi connectivity index (χ3v) is 6.77. The van der Waals surface area contributed by atoms with Crippen molar-refractivity contribution in [1.29, 1.82) is 0 Å². The number of aryl methyl sites for hydroxylation is 1. The van der Waals surface area contributed by atoms with Gasteiger partial charge in [0.05, 0.1) is 20.3 Å². The Morgan fingerprint density at radius 1 is 1.26 bits per heavy atom. The van der Waals surface area contributed by atoms with Crippen molar-refractivity contribution in [2.24, 2.45) is 0 Å². The zero-order chi connectivity index (χ0) is 13.2. The Kier molecular flexibility index (Phi) is 3.82. The Labute approximate surface area is 120 Å². The first kappa shape index (κ1) is 13.0. The Balaban J connectivity index is 1.94. The number of hydrogen-bond acceptors (Lipinski definition) is 3. The molecule has 1 N–H and O–H groups in total. The Morgan fingerprint density at radius 2 is 2.11 bits per heavy atom. The van der Waals surface area contributed by atoms with Crippen molar-refractivity contribution in [3.05, 3.63) is 52.9 Å². The number of thiophene rings is 1. The Bertz CT molecular complexity index is 580. The lowest BCUT2D eigenvalue weighted by atomic mass is 9.87. The molecule has 1 aliphatic carbocycles. The monoisotopic (exact) mass is 291 g/mol. The van der Waals surface area contributed by atoms with Gasteiger partial charge in [-0.05, 0) is 42.5 Å². The molecule has 3 rings (SSSR count). The number of rotatable bonds is 3. The van der Waals surface area contributed by atoms with Crippen molar-refractivity contribution >= 4 is 22.1 Å². The molecule has 0 saturated carbocycles. The van der Waals surface area contributed by atoms with Crippen LogP contribution in [0, 0.1) is 0 Å². The molecule has 0 spiro atoms. The van der Waals surface area contributed by atoms with Crippen LogP contribution in [0.1, 0.15) is 23.6 Å². The van der Waals surface area contributed by atoms with Crippen molar-refractivity contribution in [1.82, 2.24) is 5.32 Å². The van der Waals surface area contributed by atoms with Gasteiger partial charge in [0.2, 0.25) is 0 Å². The van der Waals surface area contributed by atoms with Crippen LogP contribution >= 0.6 is 11.3 Å². The van der Waals surface area contributed by atoms with Gasteiger partial charge < -0.3 is 5.32 Å². The van der Waals surface area contributed by atoms with E-state index < -0.39 is 10.8 Å². The van der Waals surface area contributed by atoms with E-state index in [1.54, 1.807) is 11.3 Å². The molecular formula is C15H17NOS2. The fourth-order valence-corrected chi connectivity index (χ4v) is 5.57. The van der Waals surface area contributed by atoms with E-state index in [-0.39, 0.29) is 11.3 Å².